The maximum absolute atomic E-state index is 12.5. The zero-order chi connectivity index (χ0) is 19.2. The van der Waals surface area contributed by atoms with Crippen molar-refractivity contribution in [3.05, 3.63) is 58.7 Å². The minimum absolute atomic E-state index is 0.0649. The fourth-order valence-electron chi connectivity index (χ4n) is 3.68. The molecule has 2 aromatic rings. The molecule has 0 bridgehead atoms. The summed E-state index contributed by atoms with van der Waals surface area (Å²) in [5.74, 6) is -0.0720. The Hall–Kier alpha value is -2.71. The summed E-state index contributed by atoms with van der Waals surface area (Å²) in [5.41, 5.74) is 4.45. The summed E-state index contributed by atoms with van der Waals surface area (Å²) in [6, 6.07) is 9.95. The van der Waals surface area contributed by atoms with E-state index in [1.807, 2.05) is 6.07 Å². The number of nitrogens with two attached hydrogens (primary N) is 1. The molecule has 0 unspecified atom stereocenters. The second-order valence-corrected chi connectivity index (χ2v) is 8.37. The minimum Gasteiger partial charge on any atom is -0.352 e. The van der Waals surface area contributed by atoms with Crippen LogP contribution in [0.25, 0.3) is 0 Å². The number of hydrogen-bond donors (Lipinski definition) is 2. The van der Waals surface area contributed by atoms with Gasteiger partial charge in [0.05, 0.1) is 17.0 Å². The zero-order valence-electron chi connectivity index (χ0n) is 14.6. The Bertz CT molecular complexity index is 1050. The number of amides is 2. The molecule has 2 aliphatic heterocycles. The second kappa shape index (κ2) is 6.47. The van der Waals surface area contributed by atoms with E-state index in [0.29, 0.717) is 31.5 Å². The van der Waals surface area contributed by atoms with Crippen LogP contribution in [0.1, 0.15) is 27.0 Å². The number of anilines is 1. The monoisotopic (exact) mass is 385 g/mol. The van der Waals surface area contributed by atoms with Crippen LogP contribution in [0.15, 0.2) is 41.3 Å². The number of hydrogen-bond acceptors (Lipinski definition) is 4. The van der Waals surface area contributed by atoms with Crippen molar-refractivity contribution in [1.29, 1.82) is 0 Å². The molecule has 0 spiro atoms. The Balaban J connectivity index is 1.40. The highest BCUT2D eigenvalue weighted by Crippen LogP contribution is 2.38. The average molecular weight is 385 g/mol. The summed E-state index contributed by atoms with van der Waals surface area (Å²) in [5, 5.41) is 7.96. The van der Waals surface area contributed by atoms with E-state index in [0.717, 1.165) is 28.8 Å². The number of carbonyl (C=O) groups excluding carboxylic acids is 2. The van der Waals surface area contributed by atoms with Gasteiger partial charge in [-0.2, -0.15) is 0 Å². The molecule has 3 N–H and O–H groups in total. The van der Waals surface area contributed by atoms with Crippen LogP contribution >= 0.6 is 0 Å². The van der Waals surface area contributed by atoms with E-state index in [-0.39, 0.29) is 16.7 Å². The van der Waals surface area contributed by atoms with E-state index in [1.54, 1.807) is 23.1 Å². The molecule has 0 radical (unpaired) electrons. The maximum atomic E-state index is 12.5. The molecule has 2 aromatic carbocycles. The van der Waals surface area contributed by atoms with E-state index >= 15 is 0 Å². The molecule has 0 saturated heterocycles. The van der Waals surface area contributed by atoms with Crippen molar-refractivity contribution in [3.8, 4) is 0 Å². The summed E-state index contributed by atoms with van der Waals surface area (Å²) in [6.45, 7) is 1.12. The molecule has 8 heteroatoms. The van der Waals surface area contributed by atoms with Crippen molar-refractivity contribution in [2.45, 2.75) is 24.2 Å². The van der Waals surface area contributed by atoms with Gasteiger partial charge in [0.25, 0.3) is 5.91 Å². The third-order valence-electron chi connectivity index (χ3n) is 5.00. The lowest BCUT2D eigenvalue weighted by Crippen LogP contribution is -2.26. The molecule has 140 valence electrons. The predicted octanol–water partition coefficient (Wildman–Crippen LogP) is 0.752. The largest absolute Gasteiger partial charge is 0.352 e. The summed E-state index contributed by atoms with van der Waals surface area (Å²) < 4.78 is 22.5. The molecule has 2 heterocycles. The van der Waals surface area contributed by atoms with Gasteiger partial charge in [-0.1, -0.05) is 12.1 Å². The smallest absolute Gasteiger partial charge is 0.251 e. The van der Waals surface area contributed by atoms with Gasteiger partial charge in [-0.15, -0.1) is 0 Å². The first kappa shape index (κ1) is 17.7. The molecule has 0 fully saturated rings. The standard InChI is InChI=1S/C19H19N3O4S/c20-27(25,26)16-3-1-12(2-4-16)5-7-21-19(24)15-9-13-6-8-22-17(23)11-14(10-15)18(13)22/h1-4,9-10H,5-8,11H2,(H,21,24)(H2,20,25,26). The minimum atomic E-state index is -3.70. The van der Waals surface area contributed by atoms with Crippen LogP contribution in [-0.4, -0.2) is 33.3 Å². The molecule has 27 heavy (non-hydrogen) atoms. The first-order valence-electron chi connectivity index (χ1n) is 8.69. The van der Waals surface area contributed by atoms with Crippen LogP contribution in [0.4, 0.5) is 5.69 Å². The van der Waals surface area contributed by atoms with Gasteiger partial charge in [0.2, 0.25) is 15.9 Å². The van der Waals surface area contributed by atoms with E-state index in [1.165, 1.54) is 12.1 Å². The van der Waals surface area contributed by atoms with Gasteiger partial charge in [-0.05, 0) is 53.8 Å². The first-order valence-corrected chi connectivity index (χ1v) is 10.2. The second-order valence-electron chi connectivity index (χ2n) is 6.81. The topological polar surface area (TPSA) is 110 Å². The summed E-state index contributed by atoms with van der Waals surface area (Å²) >= 11 is 0. The van der Waals surface area contributed by atoms with Crippen molar-refractivity contribution in [2.24, 2.45) is 5.14 Å². The molecular formula is C19H19N3O4S. The fraction of sp³-hybridized carbons (Fsp3) is 0.263. The Morgan fingerprint density at radius 2 is 1.85 bits per heavy atom. The lowest BCUT2D eigenvalue weighted by Gasteiger charge is -2.10. The zero-order valence-corrected chi connectivity index (χ0v) is 15.4. The van der Waals surface area contributed by atoms with E-state index in [9.17, 15) is 18.0 Å². The van der Waals surface area contributed by atoms with Crippen molar-refractivity contribution in [3.63, 3.8) is 0 Å². The van der Waals surface area contributed by atoms with Crippen molar-refractivity contribution < 1.29 is 18.0 Å². The fourth-order valence-corrected chi connectivity index (χ4v) is 4.20. The highest BCUT2D eigenvalue weighted by atomic mass is 32.2. The quantitative estimate of drug-likeness (QED) is 0.791. The van der Waals surface area contributed by atoms with Gasteiger partial charge in [0.1, 0.15) is 0 Å². The number of nitrogens with one attached hydrogen (secondary N) is 1. The van der Waals surface area contributed by atoms with Crippen molar-refractivity contribution in [2.75, 3.05) is 18.0 Å². The van der Waals surface area contributed by atoms with Crippen molar-refractivity contribution in [1.82, 2.24) is 5.32 Å². The summed E-state index contributed by atoms with van der Waals surface area (Å²) in [4.78, 5) is 26.3. The van der Waals surface area contributed by atoms with E-state index in [2.05, 4.69) is 5.32 Å². The van der Waals surface area contributed by atoms with Gasteiger partial charge in [0, 0.05) is 18.7 Å². The molecule has 2 amide bonds. The molecule has 0 aliphatic carbocycles. The number of rotatable bonds is 5. The number of nitrogens with zero attached hydrogens (tertiary/aromatic N) is 1. The number of carbonyl (C=O) groups is 2. The van der Waals surface area contributed by atoms with Crippen LogP contribution < -0.4 is 15.4 Å². The molecule has 0 aromatic heterocycles. The van der Waals surface area contributed by atoms with Crippen LogP contribution in [0.5, 0.6) is 0 Å². The van der Waals surface area contributed by atoms with E-state index in [4.69, 9.17) is 5.14 Å². The number of sulfonamides is 1. The number of benzene rings is 2. The Morgan fingerprint density at radius 3 is 2.56 bits per heavy atom. The van der Waals surface area contributed by atoms with Gasteiger partial charge >= 0.3 is 0 Å². The van der Waals surface area contributed by atoms with Crippen LogP contribution in [-0.2, 0) is 34.1 Å². The maximum Gasteiger partial charge on any atom is 0.251 e. The van der Waals surface area contributed by atoms with E-state index < -0.39 is 10.0 Å². The lowest BCUT2D eigenvalue weighted by molar-refractivity contribution is -0.117. The highest BCUT2D eigenvalue weighted by molar-refractivity contribution is 7.89. The lowest BCUT2D eigenvalue weighted by atomic mass is 10.0. The first-order chi connectivity index (χ1) is 12.8. The molecule has 0 saturated carbocycles. The van der Waals surface area contributed by atoms with Gasteiger partial charge in [-0.25, -0.2) is 13.6 Å². The van der Waals surface area contributed by atoms with Gasteiger partial charge in [0.15, 0.2) is 0 Å². The average Bonchev–Trinajstić information content (AvgIpc) is 3.19. The van der Waals surface area contributed by atoms with Gasteiger partial charge in [-0.3, -0.25) is 9.59 Å². The highest BCUT2D eigenvalue weighted by Gasteiger charge is 2.34. The Kier molecular flexibility index (Phi) is 4.24. The normalized spacial score (nSPS) is 15.1. The Labute approximate surface area is 157 Å². The third kappa shape index (κ3) is 3.33. The molecule has 7 nitrogen and oxygen atoms in total. The van der Waals surface area contributed by atoms with Crippen LogP contribution in [0.2, 0.25) is 0 Å². The molecule has 4 rings (SSSR count). The molecule has 2 aliphatic rings. The van der Waals surface area contributed by atoms with Crippen molar-refractivity contribution >= 4 is 27.5 Å². The predicted molar refractivity (Wildman–Crippen MR) is 100 cm³/mol. The number of primary sulfonamides is 1. The molecule has 0 atom stereocenters. The Morgan fingerprint density at radius 1 is 1.15 bits per heavy atom. The van der Waals surface area contributed by atoms with Crippen LogP contribution in [0, 0.1) is 0 Å². The van der Waals surface area contributed by atoms with Gasteiger partial charge < -0.3 is 10.2 Å². The molecular weight excluding hydrogens is 366 g/mol. The summed E-state index contributed by atoms with van der Waals surface area (Å²) in [7, 11) is -3.70. The van der Waals surface area contributed by atoms with Crippen LogP contribution in [0.3, 0.4) is 0 Å². The third-order valence-corrected chi connectivity index (χ3v) is 5.93. The summed E-state index contributed by atoms with van der Waals surface area (Å²) in [6.07, 6.45) is 1.71. The SMILES string of the molecule is NS(=O)(=O)c1ccc(CCNC(=O)c2cc3c4c(c2)CC(=O)N4CC3)cc1.